The van der Waals surface area contributed by atoms with Gasteiger partial charge in [0.2, 0.25) is 23.7 Å². The predicted molar refractivity (Wildman–Crippen MR) is 246 cm³/mol. The van der Waals surface area contributed by atoms with Crippen LogP contribution in [-0.2, 0) is 32.8 Å². The van der Waals surface area contributed by atoms with Crippen LogP contribution in [-0.4, -0.2) is 115 Å². The third kappa shape index (κ3) is 11.9. The highest BCUT2D eigenvalue weighted by molar-refractivity contribution is 7.99. The number of hydrogen-bond donors (Lipinski definition) is 3. The maximum absolute atomic E-state index is 13.3. The van der Waals surface area contributed by atoms with Gasteiger partial charge in [-0.05, 0) is 61.5 Å². The number of amides is 3. The Kier molecular flexibility index (Phi) is 16.8. The Morgan fingerprint density at radius 2 is 1.79 bits per heavy atom. The van der Waals surface area contributed by atoms with Crippen LogP contribution in [0, 0.1) is 0 Å². The van der Waals surface area contributed by atoms with Gasteiger partial charge < -0.3 is 39.8 Å². The van der Waals surface area contributed by atoms with Crippen molar-refractivity contribution >= 4 is 76.0 Å². The van der Waals surface area contributed by atoms with Gasteiger partial charge in [-0.1, -0.05) is 36.9 Å². The van der Waals surface area contributed by atoms with E-state index in [9.17, 15) is 24.0 Å². The summed E-state index contributed by atoms with van der Waals surface area (Å²) in [6, 6.07) is 18.6. The number of aromatic nitrogens is 3. The van der Waals surface area contributed by atoms with Gasteiger partial charge in [0.05, 0.1) is 35.9 Å². The second-order valence-corrected chi connectivity index (χ2v) is 15.9. The smallest absolute Gasteiger partial charge is 0.247 e. The normalized spacial score (nSPS) is 11.5. The monoisotopic (exact) mass is 861 g/mol. The van der Waals surface area contributed by atoms with Crippen molar-refractivity contribution in [2.75, 3.05) is 69.7 Å². The van der Waals surface area contributed by atoms with E-state index in [4.69, 9.17) is 9.72 Å². The SMILES string of the molecule is C=CC(=O)Nc1cc(Nc2nccc(-c3cn(C)c4ccccc34)n2)c(OC)cc1N(C)CCN(C)C(=O)CCCSc1cccc(C=O)c1CN(C)C(C=O)CCC(=O)NC. The summed E-state index contributed by atoms with van der Waals surface area (Å²) in [6.45, 7) is 4.82. The van der Waals surface area contributed by atoms with Gasteiger partial charge >= 0.3 is 0 Å². The fourth-order valence-electron chi connectivity index (χ4n) is 6.97. The van der Waals surface area contributed by atoms with Crippen LogP contribution in [0.2, 0.25) is 0 Å². The van der Waals surface area contributed by atoms with Crippen molar-refractivity contribution < 1.29 is 28.7 Å². The summed E-state index contributed by atoms with van der Waals surface area (Å²) in [7, 11) is 10.6. The second-order valence-electron chi connectivity index (χ2n) is 14.8. The number of ether oxygens (including phenoxy) is 1. The van der Waals surface area contributed by atoms with E-state index in [0.29, 0.717) is 79.0 Å². The minimum absolute atomic E-state index is 0.0198. The number of aldehydes is 2. The summed E-state index contributed by atoms with van der Waals surface area (Å²) >= 11 is 1.56. The van der Waals surface area contributed by atoms with E-state index in [1.807, 2.05) is 66.5 Å². The van der Waals surface area contributed by atoms with Gasteiger partial charge in [0, 0.05) is 106 Å². The van der Waals surface area contributed by atoms with Crippen LogP contribution >= 0.6 is 11.8 Å². The maximum Gasteiger partial charge on any atom is 0.247 e. The Labute approximate surface area is 366 Å². The van der Waals surface area contributed by atoms with Crippen molar-refractivity contribution in [3.8, 4) is 17.0 Å². The van der Waals surface area contributed by atoms with Crippen LogP contribution in [0.25, 0.3) is 22.2 Å². The van der Waals surface area contributed by atoms with Crippen LogP contribution in [0.15, 0.2) is 90.6 Å². The number of para-hydroxylation sites is 1. The van der Waals surface area contributed by atoms with Crippen molar-refractivity contribution in [1.29, 1.82) is 0 Å². The van der Waals surface area contributed by atoms with E-state index in [0.717, 1.165) is 45.2 Å². The van der Waals surface area contributed by atoms with Crippen molar-refractivity contribution in [3.05, 3.63) is 96.8 Å². The summed E-state index contributed by atoms with van der Waals surface area (Å²) in [5, 5.41) is 9.82. The molecule has 0 aliphatic heterocycles. The molecule has 2 heterocycles. The number of thioether (sulfide) groups is 1. The molecule has 62 heavy (non-hydrogen) atoms. The number of aryl methyl sites for hydroxylation is 1. The van der Waals surface area contributed by atoms with Crippen molar-refractivity contribution in [2.45, 2.75) is 43.2 Å². The van der Waals surface area contributed by atoms with E-state index in [2.05, 4.69) is 44.2 Å². The molecule has 0 saturated heterocycles. The van der Waals surface area contributed by atoms with Crippen LogP contribution in [0.1, 0.15) is 41.6 Å². The average molecular weight is 862 g/mol. The summed E-state index contributed by atoms with van der Waals surface area (Å²) in [4.78, 5) is 77.2. The number of nitrogens with one attached hydrogen (secondary N) is 3. The number of methoxy groups -OCH3 is 1. The third-order valence-corrected chi connectivity index (χ3v) is 11.8. The predicted octanol–water partition coefficient (Wildman–Crippen LogP) is 6.32. The molecule has 1 unspecified atom stereocenters. The molecule has 5 aromatic rings. The molecule has 0 radical (unpaired) electrons. The molecule has 0 bridgehead atoms. The molecule has 1 atom stereocenters. The highest BCUT2D eigenvalue weighted by Crippen LogP contribution is 2.38. The number of hydrogen-bond acceptors (Lipinski definition) is 12. The first-order valence-corrected chi connectivity index (χ1v) is 21.2. The fourth-order valence-corrected chi connectivity index (χ4v) is 8.01. The topological polar surface area (TPSA) is 171 Å². The van der Waals surface area contributed by atoms with Gasteiger partial charge in [-0.2, -0.15) is 0 Å². The first-order chi connectivity index (χ1) is 29.9. The van der Waals surface area contributed by atoms with E-state index in [1.165, 1.54) is 6.08 Å². The third-order valence-electron chi connectivity index (χ3n) is 10.6. The molecule has 5 rings (SSSR count). The highest BCUT2D eigenvalue weighted by Gasteiger charge is 2.21. The molecule has 3 amide bonds. The largest absolute Gasteiger partial charge is 0.494 e. The molecule has 0 saturated carbocycles. The summed E-state index contributed by atoms with van der Waals surface area (Å²) in [5.41, 5.74) is 5.82. The molecular formula is C46H55N9O6S. The lowest BCUT2D eigenvalue weighted by Crippen LogP contribution is -2.35. The van der Waals surface area contributed by atoms with Gasteiger partial charge in [0.15, 0.2) is 0 Å². The van der Waals surface area contributed by atoms with Gasteiger partial charge in [-0.25, -0.2) is 9.97 Å². The number of anilines is 4. The minimum atomic E-state index is -0.487. The minimum Gasteiger partial charge on any atom is -0.494 e. The summed E-state index contributed by atoms with van der Waals surface area (Å²) in [5.74, 6) is 0.913. The Hall–Kier alpha value is -6.52. The zero-order valence-electron chi connectivity index (χ0n) is 36.1. The quantitative estimate of drug-likeness (QED) is 0.0290. The lowest BCUT2D eigenvalue weighted by molar-refractivity contribution is -0.129. The molecule has 2 aromatic heterocycles. The van der Waals surface area contributed by atoms with Crippen molar-refractivity contribution in [2.24, 2.45) is 7.05 Å². The molecule has 0 spiro atoms. The zero-order valence-corrected chi connectivity index (χ0v) is 37.0. The van der Waals surface area contributed by atoms with E-state index < -0.39 is 11.9 Å². The van der Waals surface area contributed by atoms with Gasteiger partial charge in [0.25, 0.3) is 0 Å². The van der Waals surface area contributed by atoms with Gasteiger partial charge in [-0.3, -0.25) is 24.1 Å². The van der Waals surface area contributed by atoms with Crippen molar-refractivity contribution in [3.63, 3.8) is 0 Å². The average Bonchev–Trinajstić information content (AvgIpc) is 3.63. The number of rotatable bonds is 23. The summed E-state index contributed by atoms with van der Waals surface area (Å²) in [6.07, 6.45) is 8.06. The number of carbonyl (C=O) groups is 5. The molecule has 16 heteroatoms. The second kappa shape index (κ2) is 22.4. The van der Waals surface area contributed by atoms with Gasteiger partial charge in [-0.15, -0.1) is 11.8 Å². The number of benzene rings is 3. The Morgan fingerprint density at radius 1 is 1.00 bits per heavy atom. The molecule has 0 aliphatic carbocycles. The lowest BCUT2D eigenvalue weighted by atomic mass is 10.1. The van der Waals surface area contributed by atoms with E-state index in [1.54, 1.807) is 63.2 Å². The van der Waals surface area contributed by atoms with E-state index >= 15 is 0 Å². The molecule has 15 nitrogen and oxygen atoms in total. The maximum atomic E-state index is 13.3. The van der Waals surface area contributed by atoms with E-state index in [-0.39, 0.29) is 18.2 Å². The summed E-state index contributed by atoms with van der Waals surface area (Å²) < 4.78 is 7.86. The highest BCUT2D eigenvalue weighted by atomic mass is 32.2. The number of nitrogens with zero attached hydrogens (tertiary/aromatic N) is 6. The number of fused-ring (bicyclic) bond motifs is 1. The van der Waals surface area contributed by atoms with Gasteiger partial charge in [0.1, 0.15) is 18.3 Å². The number of likely N-dealkylation sites (N-methyl/N-ethyl adjacent to an activating group) is 3. The number of carbonyl (C=O) groups excluding carboxylic acids is 5. The van der Waals surface area contributed by atoms with Crippen LogP contribution in [0.3, 0.4) is 0 Å². The molecule has 3 N–H and O–H groups in total. The fraction of sp³-hybridized carbons (Fsp3) is 0.326. The van der Waals surface area contributed by atoms with Crippen molar-refractivity contribution in [1.82, 2.24) is 29.7 Å². The van der Waals surface area contributed by atoms with Crippen LogP contribution in [0.5, 0.6) is 5.75 Å². The molecular weight excluding hydrogens is 807 g/mol. The standard InChI is InChI=1S/C46H55N9O6S/c1-8-43(58)49-37-25-38(51-46-48-21-20-36(50-46)35-28-55(6)39-15-10-9-14-33(35)39)41(61-7)26-40(37)52(3)22-23-53(4)45(60)17-12-24-62-42-16-11-13-31(29-56)34(42)27-54(5)32(30-57)18-19-44(59)47-2/h8-11,13-16,20-21,25-26,28-30,32H,1,12,17-19,22-24,27H2,2-7H3,(H,47,59)(H,49,58)(H,48,50,51). The molecule has 326 valence electrons. The molecule has 0 aliphatic rings. The first kappa shape index (κ1) is 46.5. The first-order valence-electron chi connectivity index (χ1n) is 20.2. The Morgan fingerprint density at radius 3 is 2.52 bits per heavy atom. The Balaban J connectivity index is 1.21. The van der Waals surface area contributed by atoms with Crippen LogP contribution in [0.4, 0.5) is 23.0 Å². The lowest BCUT2D eigenvalue weighted by Gasteiger charge is -2.27. The Bertz CT molecular complexity index is 2400. The molecule has 3 aromatic carbocycles. The molecule has 0 fully saturated rings. The van der Waals surface area contributed by atoms with Crippen LogP contribution < -0.4 is 25.6 Å². The zero-order chi connectivity index (χ0) is 44.8.